The second-order valence-corrected chi connectivity index (χ2v) is 13.4. The van der Waals surface area contributed by atoms with Crippen LogP contribution in [0.2, 0.25) is 75.3 Å². The maximum absolute atomic E-state index is 10.9. The Labute approximate surface area is 302 Å². The standard InChI is InChI=1S/C24H3Cl15O/c25-10-7(11(26)17(32)22(37)16(10)31)4-1-3(40)2-5(8-12(27)18(33)23(38)19(34)13(8)28)6(4)9-14(29)20(35)24(39)21(36)15(9)30/h1-2,40H. The van der Waals surface area contributed by atoms with E-state index in [1.54, 1.807) is 0 Å². The molecule has 4 rings (SSSR count). The van der Waals surface area contributed by atoms with Crippen molar-refractivity contribution in [3.8, 4) is 39.1 Å². The minimum absolute atomic E-state index is 0.0105. The van der Waals surface area contributed by atoms with Gasteiger partial charge in [0.05, 0.1) is 75.3 Å². The van der Waals surface area contributed by atoms with Crippen molar-refractivity contribution in [3.63, 3.8) is 0 Å². The SMILES string of the molecule is Oc1cc(-c2c(Cl)c(Cl)c(Cl)c(Cl)c2Cl)c(-c2c(Cl)c(Cl)c(Cl)c(Cl)c2Cl)c(-c2c(Cl)c(Cl)c(Cl)c(Cl)c2Cl)c1. The highest BCUT2D eigenvalue weighted by Crippen LogP contribution is 2.59. The molecule has 0 aliphatic heterocycles. The summed E-state index contributed by atoms with van der Waals surface area (Å²) in [7, 11) is 0. The Bertz CT molecular complexity index is 1590. The van der Waals surface area contributed by atoms with Crippen LogP contribution in [-0.2, 0) is 0 Å². The molecule has 4 aromatic rings. The highest BCUT2D eigenvalue weighted by atomic mass is 35.5. The van der Waals surface area contributed by atoms with Crippen molar-refractivity contribution in [2.45, 2.75) is 0 Å². The Kier molecular flexibility index (Phi) is 10.8. The van der Waals surface area contributed by atoms with Crippen molar-refractivity contribution < 1.29 is 5.11 Å². The van der Waals surface area contributed by atoms with Crippen LogP contribution in [-0.4, -0.2) is 5.11 Å². The lowest BCUT2D eigenvalue weighted by Crippen LogP contribution is -1.98. The molecule has 1 N–H and O–H groups in total. The molecule has 0 radical (unpaired) electrons. The largest absolute Gasteiger partial charge is 0.508 e. The van der Waals surface area contributed by atoms with Crippen LogP contribution in [0.3, 0.4) is 0 Å². The fraction of sp³-hybridized carbons (Fsp3) is 0. The number of hydrogen-bond donors (Lipinski definition) is 1. The summed E-state index contributed by atoms with van der Waals surface area (Å²) in [5, 5.41) is 8.91. The first-order valence-corrected chi connectivity index (χ1v) is 15.6. The van der Waals surface area contributed by atoms with Crippen LogP contribution >= 0.6 is 174 Å². The van der Waals surface area contributed by atoms with Gasteiger partial charge in [-0.1, -0.05) is 174 Å². The third-order valence-electron chi connectivity index (χ3n) is 5.54. The van der Waals surface area contributed by atoms with Gasteiger partial charge in [0.1, 0.15) is 5.75 Å². The van der Waals surface area contributed by atoms with Gasteiger partial charge in [-0.05, 0) is 23.3 Å². The lowest BCUT2D eigenvalue weighted by atomic mass is 9.87. The van der Waals surface area contributed by atoms with E-state index in [0.29, 0.717) is 0 Å². The maximum Gasteiger partial charge on any atom is 0.116 e. The summed E-state index contributed by atoms with van der Waals surface area (Å²) in [6, 6.07) is 2.55. The van der Waals surface area contributed by atoms with Crippen LogP contribution in [0.1, 0.15) is 0 Å². The van der Waals surface area contributed by atoms with E-state index in [0.717, 1.165) is 0 Å². The van der Waals surface area contributed by atoms with Gasteiger partial charge in [-0.25, -0.2) is 0 Å². The number of halogens is 15. The van der Waals surface area contributed by atoms with Gasteiger partial charge in [-0.3, -0.25) is 0 Å². The third-order valence-corrected chi connectivity index (χ3v) is 12.4. The van der Waals surface area contributed by atoms with Crippen LogP contribution < -0.4 is 0 Å². The van der Waals surface area contributed by atoms with Gasteiger partial charge in [-0.2, -0.15) is 0 Å². The molecule has 16 heteroatoms. The molecule has 0 spiro atoms. The second-order valence-electron chi connectivity index (χ2n) is 7.75. The third kappa shape index (κ3) is 5.53. The van der Waals surface area contributed by atoms with Crippen molar-refractivity contribution in [2.24, 2.45) is 0 Å². The second kappa shape index (κ2) is 12.8. The van der Waals surface area contributed by atoms with Crippen LogP contribution in [0.4, 0.5) is 0 Å². The fourth-order valence-electron chi connectivity index (χ4n) is 3.80. The topological polar surface area (TPSA) is 20.2 Å². The highest BCUT2D eigenvalue weighted by Gasteiger charge is 2.32. The van der Waals surface area contributed by atoms with Gasteiger partial charge in [-0.15, -0.1) is 0 Å². The Balaban J connectivity index is 2.39. The lowest BCUT2D eigenvalue weighted by Gasteiger charge is -2.24. The van der Waals surface area contributed by atoms with Crippen LogP contribution in [0.5, 0.6) is 5.75 Å². The summed E-state index contributed by atoms with van der Waals surface area (Å²) in [5.41, 5.74) is 0.266. The van der Waals surface area contributed by atoms with E-state index in [1.807, 2.05) is 0 Å². The van der Waals surface area contributed by atoms with Gasteiger partial charge in [0.2, 0.25) is 0 Å². The van der Waals surface area contributed by atoms with Gasteiger partial charge in [0.15, 0.2) is 0 Å². The zero-order valence-electron chi connectivity index (χ0n) is 18.3. The zero-order chi connectivity index (χ0) is 30.1. The predicted octanol–water partition coefficient (Wildman–Crippen LogP) is 16.2. The van der Waals surface area contributed by atoms with Crippen molar-refractivity contribution in [2.75, 3.05) is 0 Å². The Morgan fingerprint density at radius 3 is 0.725 bits per heavy atom. The molecule has 0 bridgehead atoms. The van der Waals surface area contributed by atoms with E-state index in [4.69, 9.17) is 174 Å². The molecule has 0 unspecified atom stereocenters. The van der Waals surface area contributed by atoms with Gasteiger partial charge in [0.25, 0.3) is 0 Å². The van der Waals surface area contributed by atoms with Crippen molar-refractivity contribution in [3.05, 3.63) is 87.5 Å². The molecule has 0 saturated heterocycles. The number of phenolic OH excluding ortho intramolecular Hbond substituents is 1. The van der Waals surface area contributed by atoms with E-state index in [-0.39, 0.29) is 114 Å². The van der Waals surface area contributed by atoms with Gasteiger partial charge < -0.3 is 5.11 Å². The minimum atomic E-state index is -0.337. The lowest BCUT2D eigenvalue weighted by molar-refractivity contribution is 0.476. The number of aromatic hydroxyl groups is 1. The number of hydrogen-bond acceptors (Lipinski definition) is 1. The number of benzene rings is 4. The molecule has 0 aliphatic carbocycles. The fourth-order valence-corrected chi connectivity index (χ4v) is 7.81. The van der Waals surface area contributed by atoms with Crippen LogP contribution in [0.25, 0.3) is 33.4 Å². The zero-order valence-corrected chi connectivity index (χ0v) is 29.6. The highest BCUT2D eigenvalue weighted by molar-refractivity contribution is 6.59. The molecule has 0 saturated carbocycles. The first-order chi connectivity index (χ1) is 18.5. The van der Waals surface area contributed by atoms with E-state index < -0.39 is 0 Å². The first kappa shape index (κ1) is 33.9. The number of rotatable bonds is 3. The van der Waals surface area contributed by atoms with E-state index >= 15 is 0 Å². The molecule has 4 aromatic carbocycles. The molecule has 1 nitrogen and oxygen atoms in total. The van der Waals surface area contributed by atoms with E-state index in [1.165, 1.54) is 12.1 Å². The Morgan fingerprint density at radius 2 is 0.475 bits per heavy atom. The molecule has 210 valence electrons. The molecular formula is C24H3Cl15O. The van der Waals surface area contributed by atoms with Crippen molar-refractivity contribution in [1.82, 2.24) is 0 Å². The van der Waals surface area contributed by atoms with Gasteiger partial charge >= 0.3 is 0 Å². The van der Waals surface area contributed by atoms with Gasteiger partial charge in [0, 0.05) is 22.3 Å². The molecule has 40 heavy (non-hydrogen) atoms. The monoisotopic (exact) mass is 832 g/mol. The molecule has 0 aromatic heterocycles. The maximum atomic E-state index is 10.9. The molecule has 0 amide bonds. The molecule has 0 atom stereocenters. The summed E-state index contributed by atoms with van der Waals surface area (Å²) in [6.07, 6.45) is 0. The molecule has 0 aliphatic rings. The van der Waals surface area contributed by atoms with Crippen LogP contribution in [0, 0.1) is 0 Å². The summed E-state index contributed by atoms with van der Waals surface area (Å²) >= 11 is 97.0. The van der Waals surface area contributed by atoms with Crippen LogP contribution in [0.15, 0.2) is 12.1 Å². The Hall–Kier alpha value is 1.03. The summed E-state index contributed by atoms with van der Waals surface area (Å²) in [5.74, 6) is -0.337. The quantitative estimate of drug-likeness (QED) is 0.161. The average Bonchev–Trinajstić information content (AvgIpc) is 2.92. The minimum Gasteiger partial charge on any atom is -0.508 e. The molecule has 0 heterocycles. The normalized spacial score (nSPS) is 11.5. The smallest absolute Gasteiger partial charge is 0.116 e. The summed E-state index contributed by atoms with van der Waals surface area (Å²) in [4.78, 5) is 0. The Morgan fingerprint density at radius 1 is 0.275 bits per heavy atom. The molecular weight excluding hydrogens is 836 g/mol. The summed E-state index contributed by atoms with van der Waals surface area (Å²) in [6.45, 7) is 0. The van der Waals surface area contributed by atoms with E-state index in [2.05, 4.69) is 0 Å². The number of phenols is 1. The summed E-state index contributed by atoms with van der Waals surface area (Å²) < 4.78 is 0. The average molecular weight is 839 g/mol. The van der Waals surface area contributed by atoms with E-state index in [9.17, 15) is 5.11 Å². The molecule has 0 fully saturated rings. The first-order valence-electron chi connectivity index (χ1n) is 9.96. The van der Waals surface area contributed by atoms with Crippen molar-refractivity contribution in [1.29, 1.82) is 0 Å². The predicted molar refractivity (Wildman–Crippen MR) is 180 cm³/mol. The van der Waals surface area contributed by atoms with Crippen molar-refractivity contribution >= 4 is 174 Å².